The number of nitro benzene ring substituents is 1. The van der Waals surface area contributed by atoms with Crippen molar-refractivity contribution in [3.8, 4) is 11.5 Å². The van der Waals surface area contributed by atoms with Gasteiger partial charge in [-0.2, -0.15) is 0 Å². The zero-order valence-corrected chi connectivity index (χ0v) is 28.0. The second-order valence-electron chi connectivity index (χ2n) is 13.7. The van der Waals surface area contributed by atoms with Crippen molar-refractivity contribution in [3.05, 3.63) is 84.7 Å². The largest absolute Gasteiger partial charge is 0.490 e. The van der Waals surface area contributed by atoms with Gasteiger partial charge in [0.15, 0.2) is 23.1 Å². The summed E-state index contributed by atoms with van der Waals surface area (Å²) >= 11 is 3.71. The van der Waals surface area contributed by atoms with E-state index in [1.165, 1.54) is 12.1 Å². The zero-order chi connectivity index (χ0) is 32.0. The lowest BCUT2D eigenvalue weighted by Crippen LogP contribution is -2.44. The van der Waals surface area contributed by atoms with Gasteiger partial charge in [-0.3, -0.25) is 19.7 Å². The fourth-order valence-electron chi connectivity index (χ4n) is 6.90. The Morgan fingerprint density at radius 1 is 0.909 bits per heavy atom. The summed E-state index contributed by atoms with van der Waals surface area (Å²) in [6.07, 6.45) is 3.31. The molecule has 0 aromatic heterocycles. The molecular formula is C35H41BrN2O6. The number of non-ortho nitro benzene ring substituents is 1. The number of ketones is 2. The second-order valence-corrected chi connectivity index (χ2v) is 14.5. The number of hydrogen-bond acceptors (Lipinski definition) is 7. The van der Waals surface area contributed by atoms with Crippen LogP contribution in [0.4, 0.5) is 5.69 Å². The topological polar surface area (TPSA) is 99.0 Å². The van der Waals surface area contributed by atoms with Crippen molar-refractivity contribution < 1.29 is 24.0 Å². The van der Waals surface area contributed by atoms with E-state index in [2.05, 4.69) is 55.4 Å². The van der Waals surface area contributed by atoms with Gasteiger partial charge in [-0.05, 0) is 88.3 Å². The maximum atomic E-state index is 14.0. The first-order valence-electron chi connectivity index (χ1n) is 15.4. The maximum Gasteiger partial charge on any atom is 0.269 e. The van der Waals surface area contributed by atoms with Gasteiger partial charge in [0.25, 0.3) is 5.69 Å². The highest BCUT2D eigenvalue weighted by Crippen LogP contribution is 2.55. The molecule has 0 unspecified atom stereocenters. The Morgan fingerprint density at radius 3 is 1.98 bits per heavy atom. The van der Waals surface area contributed by atoms with Crippen LogP contribution in [0.15, 0.2) is 63.4 Å². The van der Waals surface area contributed by atoms with Gasteiger partial charge < -0.3 is 14.4 Å². The first kappa shape index (κ1) is 31.9. The van der Waals surface area contributed by atoms with Crippen molar-refractivity contribution in [2.45, 2.75) is 86.2 Å². The van der Waals surface area contributed by atoms with E-state index in [0.717, 1.165) is 59.5 Å². The summed E-state index contributed by atoms with van der Waals surface area (Å²) in [6.45, 7) is 14.0. The van der Waals surface area contributed by atoms with Crippen LogP contribution >= 0.6 is 15.9 Å². The van der Waals surface area contributed by atoms with E-state index in [0.29, 0.717) is 35.4 Å². The molecule has 9 heteroatoms. The van der Waals surface area contributed by atoms with Gasteiger partial charge >= 0.3 is 0 Å². The highest BCUT2D eigenvalue weighted by Gasteiger charge is 2.49. The van der Waals surface area contributed by atoms with E-state index in [-0.39, 0.29) is 34.7 Å². The standard InChI is InChI=1S/C35H41BrN2O6/c1-7-13-37-25-16-34(3,4)18-27(39)31(25)30(32-26(37)17-35(5,6)19-28(32)40)22-14-24(36)33(29(15-22)43-8-2)44-20-21-9-11-23(12-10-21)38(41)42/h9-12,14-15,30H,7-8,13,16-20H2,1-6H3. The van der Waals surface area contributed by atoms with E-state index < -0.39 is 10.8 Å². The molecule has 8 nitrogen and oxygen atoms in total. The molecule has 0 radical (unpaired) electrons. The average Bonchev–Trinajstić information content (AvgIpc) is 2.92. The molecule has 0 saturated carbocycles. The minimum Gasteiger partial charge on any atom is -0.490 e. The van der Waals surface area contributed by atoms with Crippen LogP contribution in [0.25, 0.3) is 0 Å². The van der Waals surface area contributed by atoms with Crippen molar-refractivity contribution in [2.24, 2.45) is 10.8 Å². The molecule has 2 aromatic carbocycles. The van der Waals surface area contributed by atoms with Gasteiger partial charge in [-0.1, -0.05) is 34.6 Å². The van der Waals surface area contributed by atoms with E-state index in [9.17, 15) is 19.7 Å². The fourth-order valence-corrected chi connectivity index (χ4v) is 7.48. The molecule has 0 amide bonds. The Morgan fingerprint density at radius 2 is 1.48 bits per heavy atom. The molecule has 2 aliphatic carbocycles. The van der Waals surface area contributed by atoms with Crippen LogP contribution in [0.1, 0.15) is 90.7 Å². The third-order valence-corrected chi connectivity index (χ3v) is 9.25. The predicted octanol–water partition coefficient (Wildman–Crippen LogP) is 8.43. The van der Waals surface area contributed by atoms with Gasteiger partial charge in [0.05, 0.1) is 16.0 Å². The molecule has 0 spiro atoms. The summed E-state index contributed by atoms with van der Waals surface area (Å²) < 4.78 is 12.9. The molecular weight excluding hydrogens is 624 g/mol. The van der Waals surface area contributed by atoms with Crippen LogP contribution in [0.3, 0.4) is 0 Å². The Balaban J connectivity index is 1.62. The number of benzene rings is 2. The smallest absolute Gasteiger partial charge is 0.269 e. The zero-order valence-electron chi connectivity index (χ0n) is 26.4. The van der Waals surface area contributed by atoms with E-state index in [1.807, 2.05) is 19.1 Å². The number of ether oxygens (including phenoxy) is 2. The van der Waals surface area contributed by atoms with E-state index in [1.54, 1.807) is 12.1 Å². The van der Waals surface area contributed by atoms with Crippen LogP contribution in [-0.4, -0.2) is 34.5 Å². The van der Waals surface area contributed by atoms with Crippen molar-refractivity contribution in [2.75, 3.05) is 13.2 Å². The quantitative estimate of drug-likeness (QED) is 0.196. The Labute approximate surface area is 267 Å². The normalized spacial score (nSPS) is 19.6. The number of carbonyl (C=O) groups excluding carboxylic acids is 2. The number of rotatable bonds is 9. The molecule has 44 heavy (non-hydrogen) atoms. The number of nitrogens with zero attached hydrogens (tertiary/aromatic N) is 2. The summed E-state index contributed by atoms with van der Waals surface area (Å²) in [5.41, 5.74) is 4.83. The average molecular weight is 666 g/mol. The third-order valence-electron chi connectivity index (χ3n) is 8.66. The molecule has 0 bridgehead atoms. The molecule has 0 atom stereocenters. The Kier molecular flexibility index (Phi) is 8.82. The summed E-state index contributed by atoms with van der Waals surface area (Å²) in [7, 11) is 0. The van der Waals surface area contributed by atoms with Crippen LogP contribution in [0, 0.1) is 20.9 Å². The highest BCUT2D eigenvalue weighted by molar-refractivity contribution is 9.10. The summed E-state index contributed by atoms with van der Waals surface area (Å²) in [5, 5.41) is 11.0. The number of allylic oxidation sites excluding steroid dienone is 4. The van der Waals surface area contributed by atoms with Gasteiger partial charge in [0.2, 0.25) is 0 Å². The number of nitro groups is 1. The van der Waals surface area contributed by atoms with Gasteiger partial charge in [-0.15, -0.1) is 0 Å². The van der Waals surface area contributed by atoms with Crippen LogP contribution in [0.5, 0.6) is 11.5 Å². The second kappa shape index (κ2) is 12.1. The molecule has 1 aliphatic heterocycles. The van der Waals surface area contributed by atoms with Crippen molar-refractivity contribution in [1.82, 2.24) is 4.90 Å². The lowest BCUT2D eigenvalue weighted by Gasteiger charge is -2.49. The van der Waals surface area contributed by atoms with Crippen molar-refractivity contribution >= 4 is 33.2 Å². The number of carbonyl (C=O) groups is 2. The molecule has 0 saturated heterocycles. The molecule has 3 aliphatic rings. The number of hydrogen-bond donors (Lipinski definition) is 0. The van der Waals surface area contributed by atoms with Crippen LogP contribution in [-0.2, 0) is 16.2 Å². The summed E-state index contributed by atoms with van der Waals surface area (Å²) in [6, 6.07) is 10.1. The maximum absolute atomic E-state index is 14.0. The lowest BCUT2D eigenvalue weighted by atomic mass is 9.63. The number of halogens is 1. The minimum atomic E-state index is -0.487. The molecule has 5 rings (SSSR count). The first-order valence-corrected chi connectivity index (χ1v) is 16.2. The Bertz CT molecular complexity index is 1520. The van der Waals surface area contributed by atoms with E-state index >= 15 is 0 Å². The third kappa shape index (κ3) is 6.21. The Hall–Kier alpha value is -3.46. The fraction of sp³-hybridized carbons (Fsp3) is 0.486. The van der Waals surface area contributed by atoms with Gasteiger partial charge in [0.1, 0.15) is 6.61 Å². The molecule has 1 heterocycles. The number of Topliss-reactive ketones (excluding diaryl/α,β-unsaturated/α-hetero) is 2. The van der Waals surface area contributed by atoms with Crippen LogP contribution in [0.2, 0.25) is 0 Å². The molecule has 0 fully saturated rings. The molecule has 2 aromatic rings. The molecule has 0 N–H and O–H groups in total. The molecule has 234 valence electrons. The monoisotopic (exact) mass is 664 g/mol. The van der Waals surface area contributed by atoms with Crippen molar-refractivity contribution in [3.63, 3.8) is 0 Å². The van der Waals surface area contributed by atoms with Crippen LogP contribution < -0.4 is 9.47 Å². The minimum absolute atomic E-state index is 0.0166. The lowest BCUT2D eigenvalue weighted by molar-refractivity contribution is -0.384. The van der Waals surface area contributed by atoms with Gasteiger partial charge in [-0.25, -0.2) is 0 Å². The summed E-state index contributed by atoms with van der Waals surface area (Å²) in [4.78, 5) is 41.0. The van der Waals surface area contributed by atoms with E-state index in [4.69, 9.17) is 9.47 Å². The van der Waals surface area contributed by atoms with Crippen molar-refractivity contribution in [1.29, 1.82) is 0 Å². The SMILES string of the molecule is CCCN1C2=C(C(=O)CC(C)(C)C2)C(c2cc(Br)c(OCc3ccc([N+](=O)[O-])cc3)c(OCC)c2)C2=C1CC(C)(C)CC2=O. The highest BCUT2D eigenvalue weighted by atomic mass is 79.9. The first-order chi connectivity index (χ1) is 20.7. The summed E-state index contributed by atoms with van der Waals surface area (Å²) in [5.74, 6) is 0.706. The predicted molar refractivity (Wildman–Crippen MR) is 173 cm³/mol. The van der Waals surface area contributed by atoms with Gasteiger partial charge in [0, 0.05) is 60.0 Å².